The van der Waals surface area contributed by atoms with E-state index < -0.39 is 0 Å². The normalized spacial score (nSPS) is 10.8. The van der Waals surface area contributed by atoms with Gasteiger partial charge in [0.05, 0.1) is 5.52 Å². The second kappa shape index (κ2) is 8.05. The molecule has 0 saturated heterocycles. The molecule has 0 aliphatic heterocycles. The van der Waals surface area contributed by atoms with Gasteiger partial charge < -0.3 is 9.97 Å². The summed E-state index contributed by atoms with van der Waals surface area (Å²) in [5.74, 6) is 0. The van der Waals surface area contributed by atoms with Crippen molar-refractivity contribution in [3.63, 3.8) is 0 Å². The van der Waals surface area contributed by atoms with Crippen molar-refractivity contribution in [3.05, 3.63) is 92.5 Å². The lowest BCUT2D eigenvalue weighted by Gasteiger charge is -2.07. The minimum Gasteiger partial charge on any atom is -0.361 e. The van der Waals surface area contributed by atoms with E-state index >= 15 is 0 Å². The number of aromatic amines is 2. The molecule has 0 aliphatic carbocycles. The van der Waals surface area contributed by atoms with Crippen LogP contribution in [0.25, 0.3) is 32.9 Å². The van der Waals surface area contributed by atoms with Crippen LogP contribution in [-0.4, -0.2) is 9.97 Å². The second-order valence-electron chi connectivity index (χ2n) is 6.02. The Balaban J connectivity index is 0.000000153. The van der Waals surface area contributed by atoms with Crippen molar-refractivity contribution in [3.8, 4) is 11.1 Å². The maximum atomic E-state index is 3.60. The molecule has 0 unspecified atom stereocenters. The largest absolute Gasteiger partial charge is 0.361 e. The van der Waals surface area contributed by atoms with E-state index in [1.165, 1.54) is 27.4 Å². The van der Waals surface area contributed by atoms with Gasteiger partial charge in [-0.1, -0.05) is 78.1 Å². The van der Waals surface area contributed by atoms with Gasteiger partial charge >= 0.3 is 0 Å². The molecule has 5 rings (SSSR count). The first kappa shape index (κ1) is 18.5. The lowest BCUT2D eigenvalue weighted by atomic mass is 10.0. The number of benzene rings is 3. The number of nitrogens with one attached hydrogen (secondary N) is 2. The molecule has 0 bridgehead atoms. The maximum absolute atomic E-state index is 3.60. The Morgan fingerprint density at radius 3 is 2.04 bits per heavy atom. The highest BCUT2D eigenvalue weighted by atomic mass is 79.9. The Morgan fingerprint density at radius 2 is 1.22 bits per heavy atom. The van der Waals surface area contributed by atoms with E-state index in [0.29, 0.717) is 0 Å². The molecular formula is C22H15Br3N2. The molecule has 2 aromatic heterocycles. The number of hydrogen-bond acceptors (Lipinski definition) is 0. The van der Waals surface area contributed by atoms with Crippen LogP contribution in [0.3, 0.4) is 0 Å². The Hall–Kier alpha value is -1.82. The van der Waals surface area contributed by atoms with E-state index in [4.69, 9.17) is 0 Å². The van der Waals surface area contributed by atoms with E-state index in [0.717, 1.165) is 18.9 Å². The maximum Gasteiger partial charge on any atom is 0.0545 e. The standard InChI is InChI=1S/C14H9Br2N.C8H6BrN/c15-12-4-2-1-3-9(12)10-5-6-13(16)11-7-8-17-14(10)11;9-7-2-1-3-8-6(7)4-5-10-8/h1-8,17H;1-5,10H. The predicted molar refractivity (Wildman–Crippen MR) is 125 cm³/mol. The third-order valence-electron chi connectivity index (χ3n) is 4.38. The Bertz CT molecular complexity index is 1220. The topological polar surface area (TPSA) is 31.6 Å². The molecule has 0 atom stereocenters. The average Bonchev–Trinajstić information content (AvgIpc) is 3.34. The molecule has 3 aromatic carbocycles. The van der Waals surface area contributed by atoms with Gasteiger partial charge in [0.15, 0.2) is 0 Å². The van der Waals surface area contributed by atoms with Gasteiger partial charge in [0, 0.05) is 47.7 Å². The molecule has 0 spiro atoms. The van der Waals surface area contributed by atoms with Crippen molar-refractivity contribution < 1.29 is 0 Å². The van der Waals surface area contributed by atoms with Crippen LogP contribution in [0.1, 0.15) is 0 Å². The molecule has 2 heterocycles. The van der Waals surface area contributed by atoms with Crippen LogP contribution in [0, 0.1) is 0 Å². The number of rotatable bonds is 1. The molecule has 0 saturated carbocycles. The Labute approximate surface area is 182 Å². The van der Waals surface area contributed by atoms with E-state index in [-0.39, 0.29) is 0 Å². The SMILES string of the molecule is Brc1cccc2[nH]ccc12.Brc1ccccc1-c1ccc(Br)c2cc[nH]c12. The number of halogens is 3. The lowest BCUT2D eigenvalue weighted by molar-refractivity contribution is 1.47. The van der Waals surface area contributed by atoms with Crippen molar-refractivity contribution in [2.45, 2.75) is 0 Å². The molecule has 27 heavy (non-hydrogen) atoms. The highest BCUT2D eigenvalue weighted by molar-refractivity contribution is 9.11. The van der Waals surface area contributed by atoms with Crippen LogP contribution < -0.4 is 0 Å². The van der Waals surface area contributed by atoms with Crippen LogP contribution in [-0.2, 0) is 0 Å². The van der Waals surface area contributed by atoms with Gasteiger partial charge in [0.1, 0.15) is 0 Å². The molecule has 5 aromatic rings. The fourth-order valence-corrected chi connectivity index (χ4v) is 4.53. The highest BCUT2D eigenvalue weighted by Gasteiger charge is 2.09. The van der Waals surface area contributed by atoms with Gasteiger partial charge in [-0.05, 0) is 42.0 Å². The van der Waals surface area contributed by atoms with Crippen molar-refractivity contribution in [2.75, 3.05) is 0 Å². The van der Waals surface area contributed by atoms with E-state index in [1.807, 2.05) is 30.6 Å². The summed E-state index contributed by atoms with van der Waals surface area (Å²) >= 11 is 10.6. The minimum absolute atomic E-state index is 1.11. The Morgan fingerprint density at radius 1 is 0.519 bits per heavy atom. The van der Waals surface area contributed by atoms with Crippen LogP contribution >= 0.6 is 47.8 Å². The van der Waals surface area contributed by atoms with Crippen molar-refractivity contribution >= 4 is 69.6 Å². The quantitative estimate of drug-likeness (QED) is 0.212. The summed E-state index contributed by atoms with van der Waals surface area (Å²) in [6.07, 6.45) is 3.91. The first-order valence-corrected chi connectivity index (χ1v) is 10.7. The molecule has 0 aliphatic rings. The highest BCUT2D eigenvalue weighted by Crippen LogP contribution is 2.35. The third kappa shape index (κ3) is 3.77. The second-order valence-corrected chi connectivity index (χ2v) is 8.58. The zero-order valence-corrected chi connectivity index (χ0v) is 18.9. The molecule has 2 nitrogen and oxygen atoms in total. The first-order chi connectivity index (χ1) is 13.1. The smallest absolute Gasteiger partial charge is 0.0545 e. The summed E-state index contributed by atoms with van der Waals surface area (Å²) in [6.45, 7) is 0. The number of aromatic nitrogens is 2. The number of fused-ring (bicyclic) bond motifs is 2. The van der Waals surface area contributed by atoms with Gasteiger partial charge in [-0.15, -0.1) is 0 Å². The number of hydrogen-bond donors (Lipinski definition) is 2. The molecule has 2 N–H and O–H groups in total. The number of H-pyrrole nitrogens is 2. The lowest BCUT2D eigenvalue weighted by Crippen LogP contribution is -1.82. The molecule has 134 valence electrons. The van der Waals surface area contributed by atoms with Crippen LogP contribution in [0.5, 0.6) is 0 Å². The molecule has 5 heteroatoms. The third-order valence-corrected chi connectivity index (χ3v) is 6.45. The Kier molecular flexibility index (Phi) is 5.53. The summed E-state index contributed by atoms with van der Waals surface area (Å²) in [7, 11) is 0. The van der Waals surface area contributed by atoms with E-state index in [2.05, 4.69) is 106 Å². The van der Waals surface area contributed by atoms with Crippen molar-refractivity contribution in [1.82, 2.24) is 9.97 Å². The van der Waals surface area contributed by atoms with Gasteiger partial charge in [0.25, 0.3) is 0 Å². The average molecular weight is 547 g/mol. The summed E-state index contributed by atoms with van der Waals surface area (Å²) in [5, 5.41) is 2.45. The zero-order chi connectivity index (χ0) is 18.8. The van der Waals surface area contributed by atoms with Gasteiger partial charge in [-0.3, -0.25) is 0 Å². The molecule has 0 radical (unpaired) electrons. The van der Waals surface area contributed by atoms with Crippen LogP contribution in [0.2, 0.25) is 0 Å². The fourth-order valence-electron chi connectivity index (χ4n) is 3.07. The zero-order valence-electron chi connectivity index (χ0n) is 14.1. The molecule has 0 amide bonds. The molecular weight excluding hydrogens is 532 g/mol. The van der Waals surface area contributed by atoms with Crippen molar-refractivity contribution in [2.24, 2.45) is 0 Å². The summed E-state index contributed by atoms with van der Waals surface area (Å²) < 4.78 is 3.37. The first-order valence-electron chi connectivity index (χ1n) is 8.37. The van der Waals surface area contributed by atoms with Gasteiger partial charge in [0.2, 0.25) is 0 Å². The van der Waals surface area contributed by atoms with Crippen LogP contribution in [0.4, 0.5) is 0 Å². The fraction of sp³-hybridized carbons (Fsp3) is 0. The van der Waals surface area contributed by atoms with E-state index in [9.17, 15) is 0 Å². The van der Waals surface area contributed by atoms with Gasteiger partial charge in [-0.2, -0.15) is 0 Å². The van der Waals surface area contributed by atoms with Gasteiger partial charge in [-0.25, -0.2) is 0 Å². The summed E-state index contributed by atoms with van der Waals surface area (Å²) in [4.78, 5) is 6.43. The monoisotopic (exact) mass is 544 g/mol. The van der Waals surface area contributed by atoms with E-state index in [1.54, 1.807) is 0 Å². The molecule has 0 fully saturated rings. The predicted octanol–water partition coefficient (Wildman–Crippen LogP) is 8.29. The summed E-state index contributed by atoms with van der Waals surface area (Å²) in [6, 6.07) is 22.7. The van der Waals surface area contributed by atoms with Crippen LogP contribution in [0.15, 0.2) is 92.5 Å². The minimum atomic E-state index is 1.11. The van der Waals surface area contributed by atoms with Crippen molar-refractivity contribution in [1.29, 1.82) is 0 Å². The summed E-state index contributed by atoms with van der Waals surface area (Å²) in [5.41, 5.74) is 4.74.